The molecular weight excluding hydrogens is 322 g/mol. The Bertz CT molecular complexity index is 661. The predicted molar refractivity (Wildman–Crippen MR) is 70.4 cm³/mol. The summed E-state index contributed by atoms with van der Waals surface area (Å²) in [7, 11) is 0. The lowest BCUT2D eigenvalue weighted by Gasteiger charge is -2.12. The molecule has 0 radical (unpaired) electrons. The number of fused-ring (bicyclic) bond motifs is 1. The predicted octanol–water partition coefficient (Wildman–Crippen LogP) is 2.95. The quantitative estimate of drug-likeness (QED) is 0.641. The van der Waals surface area contributed by atoms with Crippen molar-refractivity contribution in [1.29, 1.82) is 0 Å². The molecule has 0 amide bonds. The monoisotopic (exact) mass is 333 g/mol. The molecule has 0 N–H and O–H groups in total. The standard InChI is InChI=1S/C13H11F4N3OS/c14-9-6-10(8-4-2-1-3-5-8)20-11(9)18-12(19-20)22(21)7-13(15,16)17/h1-5,9-10H,6-7H2/t9?,10?,22-/m0/s1. The van der Waals surface area contributed by atoms with Crippen molar-refractivity contribution in [3.05, 3.63) is 41.7 Å². The average molecular weight is 333 g/mol. The van der Waals surface area contributed by atoms with Gasteiger partial charge in [0.05, 0.1) is 6.04 Å². The van der Waals surface area contributed by atoms with Crippen molar-refractivity contribution in [2.75, 3.05) is 5.75 Å². The van der Waals surface area contributed by atoms with E-state index in [0.717, 1.165) is 5.56 Å². The van der Waals surface area contributed by atoms with Crippen LogP contribution in [0.3, 0.4) is 0 Å². The molecule has 22 heavy (non-hydrogen) atoms. The van der Waals surface area contributed by atoms with E-state index in [9.17, 15) is 22.1 Å². The molecule has 2 unspecified atom stereocenters. The molecule has 9 heteroatoms. The van der Waals surface area contributed by atoms with E-state index >= 15 is 0 Å². The second kappa shape index (κ2) is 5.54. The van der Waals surface area contributed by atoms with Crippen LogP contribution in [0.25, 0.3) is 0 Å². The lowest BCUT2D eigenvalue weighted by molar-refractivity contribution is -0.106. The Hall–Kier alpha value is -1.61. The molecule has 0 spiro atoms. The molecule has 1 aliphatic heterocycles. The minimum Gasteiger partial charge on any atom is -0.609 e. The maximum atomic E-state index is 14.0. The van der Waals surface area contributed by atoms with Crippen molar-refractivity contribution in [3.8, 4) is 0 Å². The molecule has 0 saturated carbocycles. The summed E-state index contributed by atoms with van der Waals surface area (Å²) in [5.74, 6) is -1.61. The second-order valence-electron chi connectivity index (χ2n) is 4.93. The summed E-state index contributed by atoms with van der Waals surface area (Å²) in [5, 5.41) is 3.37. The Balaban J connectivity index is 1.90. The lowest BCUT2D eigenvalue weighted by Crippen LogP contribution is -2.24. The first-order valence-electron chi connectivity index (χ1n) is 6.46. The van der Waals surface area contributed by atoms with Crippen molar-refractivity contribution in [1.82, 2.24) is 14.8 Å². The van der Waals surface area contributed by atoms with Crippen molar-refractivity contribution in [2.45, 2.75) is 30.0 Å². The van der Waals surface area contributed by atoms with Crippen LogP contribution in [-0.4, -0.2) is 31.2 Å². The van der Waals surface area contributed by atoms with Gasteiger partial charge in [-0.25, -0.2) is 9.07 Å². The lowest BCUT2D eigenvalue weighted by atomic mass is 10.0. The molecule has 1 aromatic carbocycles. The van der Waals surface area contributed by atoms with Gasteiger partial charge in [-0.1, -0.05) is 30.3 Å². The van der Waals surface area contributed by atoms with E-state index in [1.807, 2.05) is 0 Å². The number of rotatable bonds is 3. The number of halogens is 4. The third-order valence-electron chi connectivity index (χ3n) is 3.33. The zero-order chi connectivity index (χ0) is 15.9. The summed E-state index contributed by atoms with van der Waals surface area (Å²) >= 11 is -2.43. The first kappa shape index (κ1) is 15.3. The van der Waals surface area contributed by atoms with Gasteiger partial charge in [0.1, 0.15) is 0 Å². The van der Waals surface area contributed by atoms with Crippen LogP contribution < -0.4 is 0 Å². The van der Waals surface area contributed by atoms with Gasteiger partial charge in [-0.05, 0) is 5.56 Å². The minimum atomic E-state index is -4.59. The summed E-state index contributed by atoms with van der Waals surface area (Å²) in [5.41, 5.74) is 0.780. The van der Waals surface area contributed by atoms with Crippen LogP contribution in [0, 0.1) is 0 Å². The summed E-state index contributed by atoms with van der Waals surface area (Å²) in [4.78, 5) is 3.71. The number of aromatic nitrogens is 3. The van der Waals surface area contributed by atoms with Gasteiger partial charge in [0.2, 0.25) is 5.75 Å². The van der Waals surface area contributed by atoms with Crippen molar-refractivity contribution >= 4 is 11.2 Å². The molecule has 118 valence electrons. The van der Waals surface area contributed by atoms with Crippen LogP contribution in [0.5, 0.6) is 0 Å². The average Bonchev–Trinajstić information content (AvgIpc) is 2.99. The third kappa shape index (κ3) is 2.95. The number of hydrogen-bond donors (Lipinski definition) is 0. The fourth-order valence-corrected chi connectivity index (χ4v) is 3.22. The molecule has 1 aliphatic rings. The van der Waals surface area contributed by atoms with Crippen molar-refractivity contribution in [2.24, 2.45) is 0 Å². The Morgan fingerprint density at radius 3 is 2.59 bits per heavy atom. The van der Waals surface area contributed by atoms with Crippen LogP contribution in [-0.2, 0) is 11.2 Å². The Morgan fingerprint density at radius 2 is 1.95 bits per heavy atom. The SMILES string of the molecule is [O-][S@@+](CC(F)(F)F)c1nc2n(n1)C(c1ccccc1)CC2F. The summed E-state index contributed by atoms with van der Waals surface area (Å²) < 4.78 is 63.8. The largest absolute Gasteiger partial charge is 0.609 e. The highest BCUT2D eigenvalue weighted by atomic mass is 32.2. The highest BCUT2D eigenvalue weighted by Crippen LogP contribution is 2.39. The van der Waals surface area contributed by atoms with Gasteiger partial charge in [0, 0.05) is 17.6 Å². The molecule has 1 aromatic heterocycles. The number of hydrogen-bond acceptors (Lipinski definition) is 3. The van der Waals surface area contributed by atoms with E-state index < -0.39 is 40.5 Å². The van der Waals surface area contributed by atoms with Crippen LogP contribution in [0.2, 0.25) is 0 Å². The van der Waals surface area contributed by atoms with Gasteiger partial charge in [0.15, 0.2) is 12.0 Å². The summed E-state index contributed by atoms with van der Waals surface area (Å²) in [6.07, 6.45) is -5.91. The second-order valence-corrected chi connectivity index (χ2v) is 6.28. The molecule has 2 heterocycles. The number of alkyl halides is 4. The Kier molecular flexibility index (Phi) is 3.85. The Morgan fingerprint density at radius 1 is 1.27 bits per heavy atom. The molecule has 0 saturated heterocycles. The van der Waals surface area contributed by atoms with Gasteiger partial charge in [0.25, 0.3) is 0 Å². The summed E-state index contributed by atoms with van der Waals surface area (Å²) in [6, 6.07) is 8.47. The van der Waals surface area contributed by atoms with E-state index in [1.165, 1.54) is 4.68 Å². The van der Waals surface area contributed by atoms with Crippen molar-refractivity contribution in [3.63, 3.8) is 0 Å². The third-order valence-corrected chi connectivity index (χ3v) is 4.50. The number of benzene rings is 1. The normalized spacial score (nSPS) is 22.6. The van der Waals surface area contributed by atoms with E-state index in [0.29, 0.717) is 0 Å². The molecule has 0 fully saturated rings. The minimum absolute atomic E-state index is 0.0700. The number of nitrogens with zero attached hydrogens (tertiary/aromatic N) is 3. The van der Waals surface area contributed by atoms with E-state index in [2.05, 4.69) is 10.1 Å². The van der Waals surface area contributed by atoms with Gasteiger partial charge < -0.3 is 4.55 Å². The molecular formula is C13H11F4N3OS. The topological polar surface area (TPSA) is 53.8 Å². The molecule has 0 aliphatic carbocycles. The van der Waals surface area contributed by atoms with E-state index in [-0.39, 0.29) is 12.2 Å². The maximum Gasteiger partial charge on any atom is 0.433 e. The van der Waals surface area contributed by atoms with Gasteiger partial charge in [-0.2, -0.15) is 18.2 Å². The molecule has 4 nitrogen and oxygen atoms in total. The van der Waals surface area contributed by atoms with Crippen LogP contribution >= 0.6 is 0 Å². The van der Waals surface area contributed by atoms with Gasteiger partial charge >= 0.3 is 11.3 Å². The molecule has 2 aromatic rings. The fraction of sp³-hybridized carbons (Fsp3) is 0.385. The fourth-order valence-electron chi connectivity index (χ4n) is 2.42. The maximum absolute atomic E-state index is 14.0. The van der Waals surface area contributed by atoms with Gasteiger partial charge in [-0.3, -0.25) is 0 Å². The van der Waals surface area contributed by atoms with Crippen LogP contribution in [0.15, 0.2) is 35.5 Å². The smallest absolute Gasteiger partial charge is 0.433 e. The molecule has 3 atom stereocenters. The van der Waals surface area contributed by atoms with Crippen LogP contribution in [0.1, 0.15) is 30.0 Å². The van der Waals surface area contributed by atoms with E-state index in [1.54, 1.807) is 30.3 Å². The highest BCUT2D eigenvalue weighted by molar-refractivity contribution is 7.91. The van der Waals surface area contributed by atoms with E-state index in [4.69, 9.17) is 0 Å². The van der Waals surface area contributed by atoms with Crippen LogP contribution in [0.4, 0.5) is 17.6 Å². The molecule has 0 bridgehead atoms. The Labute approximate surface area is 126 Å². The first-order valence-corrected chi connectivity index (χ1v) is 7.77. The highest BCUT2D eigenvalue weighted by Gasteiger charge is 2.41. The summed E-state index contributed by atoms with van der Waals surface area (Å²) in [6.45, 7) is 0. The van der Waals surface area contributed by atoms with Gasteiger partial charge in [-0.15, -0.1) is 5.10 Å². The molecule has 3 rings (SSSR count). The zero-order valence-corrected chi connectivity index (χ0v) is 11.9. The first-order chi connectivity index (χ1) is 10.3. The zero-order valence-electron chi connectivity index (χ0n) is 11.1. The van der Waals surface area contributed by atoms with Crippen molar-refractivity contribution < 1.29 is 22.1 Å².